The van der Waals surface area contributed by atoms with Gasteiger partial charge in [0.2, 0.25) is 0 Å². The Morgan fingerprint density at radius 3 is 2.91 bits per heavy atom. The summed E-state index contributed by atoms with van der Waals surface area (Å²) in [4.78, 5) is 11.0. The highest BCUT2D eigenvalue weighted by Gasteiger charge is 1.99. The minimum Gasteiger partial charge on any atom is -0.426 e. The van der Waals surface area contributed by atoms with E-state index in [1.165, 1.54) is 0 Å². The van der Waals surface area contributed by atoms with E-state index in [9.17, 15) is 4.79 Å². The Balaban J connectivity index is 2.80. The van der Waals surface area contributed by atoms with Crippen LogP contribution in [-0.2, 0) is 4.79 Å². The van der Waals surface area contributed by atoms with Gasteiger partial charge in [0.1, 0.15) is 5.75 Å². The minimum absolute atomic E-state index is 0.286. The summed E-state index contributed by atoms with van der Waals surface area (Å²) in [5.41, 5.74) is 0.727. The molecule has 11 heavy (non-hydrogen) atoms. The van der Waals surface area contributed by atoms with Gasteiger partial charge in [-0.25, -0.2) is 0 Å². The van der Waals surface area contributed by atoms with Crippen molar-refractivity contribution in [3.8, 4) is 5.75 Å². The van der Waals surface area contributed by atoms with Crippen LogP contribution in [0.25, 0.3) is 0 Å². The van der Waals surface area contributed by atoms with Gasteiger partial charge in [-0.05, 0) is 18.6 Å². The molecule has 0 aromatic heterocycles. The molecule has 1 rings (SSSR count). The maximum Gasteiger partial charge on any atom is 0.308 e. The van der Waals surface area contributed by atoms with Gasteiger partial charge in [0.25, 0.3) is 0 Å². The van der Waals surface area contributed by atoms with Crippen molar-refractivity contribution in [2.24, 2.45) is 0 Å². The Morgan fingerprint density at radius 2 is 2.27 bits per heavy atom. The second-order valence-electron chi connectivity index (χ2n) is 2.16. The normalized spacial score (nSPS) is 14.5. The molecule has 58 valence electrons. The highest BCUT2D eigenvalue weighted by molar-refractivity contribution is 5.69. The molecule has 0 bridgehead atoms. The number of para-hydroxylation sites is 1. The first-order valence-corrected chi connectivity index (χ1v) is 3.19. The van der Waals surface area contributed by atoms with Gasteiger partial charge in [0, 0.05) is 11.0 Å². The van der Waals surface area contributed by atoms with E-state index < -0.39 is 12.8 Å². The molecule has 2 nitrogen and oxygen atoms in total. The van der Waals surface area contributed by atoms with Gasteiger partial charge in [-0.1, -0.05) is 18.2 Å². The van der Waals surface area contributed by atoms with Crippen molar-refractivity contribution in [3.63, 3.8) is 0 Å². The van der Waals surface area contributed by atoms with E-state index in [0.29, 0.717) is 0 Å². The maximum absolute atomic E-state index is 11.0. The summed E-state index contributed by atoms with van der Waals surface area (Å²) in [7, 11) is 0. The van der Waals surface area contributed by atoms with Crippen molar-refractivity contribution in [1.82, 2.24) is 0 Å². The number of carbonyl (C=O) groups is 1. The predicted molar refractivity (Wildman–Crippen MR) is 42.5 cm³/mol. The number of aryl methyl sites for hydroxylation is 1. The van der Waals surface area contributed by atoms with Crippen molar-refractivity contribution in [1.29, 1.82) is 0 Å². The van der Waals surface area contributed by atoms with E-state index >= 15 is 0 Å². The van der Waals surface area contributed by atoms with Crippen molar-refractivity contribution in [3.05, 3.63) is 29.8 Å². The zero-order valence-corrected chi connectivity index (χ0v) is 6.13. The van der Waals surface area contributed by atoms with E-state index in [0.717, 1.165) is 5.56 Å². The Bertz CT molecular complexity index is 344. The first kappa shape index (κ1) is 4.54. The molecular formula is C9H10O2. The zero-order chi connectivity index (χ0) is 10.8. The molecule has 1 aromatic rings. The Labute approximate surface area is 70.0 Å². The van der Waals surface area contributed by atoms with Gasteiger partial charge >= 0.3 is 5.97 Å². The van der Waals surface area contributed by atoms with Gasteiger partial charge < -0.3 is 4.74 Å². The van der Waals surface area contributed by atoms with Gasteiger partial charge in [0.05, 0.1) is 0 Å². The number of benzene rings is 1. The molecule has 0 aliphatic rings. The van der Waals surface area contributed by atoms with Crippen LogP contribution < -0.4 is 4.74 Å². The van der Waals surface area contributed by atoms with Crippen molar-refractivity contribution < 1.29 is 13.6 Å². The van der Waals surface area contributed by atoms with Crippen molar-refractivity contribution in [2.75, 3.05) is 0 Å². The van der Waals surface area contributed by atoms with E-state index in [1.807, 2.05) is 0 Å². The third-order valence-corrected chi connectivity index (χ3v) is 1.30. The molecule has 0 N–H and O–H groups in total. The van der Waals surface area contributed by atoms with Gasteiger partial charge in [0.15, 0.2) is 0 Å². The molecule has 0 heterocycles. The quantitative estimate of drug-likeness (QED) is 0.455. The number of hydrogen-bond donors (Lipinski definition) is 0. The van der Waals surface area contributed by atoms with Crippen LogP contribution in [0.15, 0.2) is 24.3 Å². The standard InChI is InChI=1S/C9H10O2/c1-7-5-3-4-6-9(7)11-8(2)10/h3-6H,1-2H3/i2D3. The lowest BCUT2D eigenvalue weighted by molar-refractivity contribution is -0.131. The molecule has 1 aromatic carbocycles. The molecule has 2 heteroatoms. The maximum atomic E-state index is 11.0. The topological polar surface area (TPSA) is 26.3 Å². The van der Waals surface area contributed by atoms with Gasteiger partial charge in [-0.3, -0.25) is 4.79 Å². The Kier molecular flexibility index (Phi) is 1.32. The molecule has 0 atom stereocenters. The summed E-state index contributed by atoms with van der Waals surface area (Å²) in [6.07, 6.45) is 0. The highest BCUT2D eigenvalue weighted by atomic mass is 16.5. The molecule has 0 amide bonds. The molecule has 0 saturated carbocycles. The smallest absolute Gasteiger partial charge is 0.308 e. The third kappa shape index (κ3) is 2.08. The largest absolute Gasteiger partial charge is 0.426 e. The minimum atomic E-state index is -2.71. The molecular weight excluding hydrogens is 140 g/mol. The second kappa shape index (κ2) is 3.19. The highest BCUT2D eigenvalue weighted by Crippen LogP contribution is 2.15. The summed E-state index contributed by atoms with van der Waals surface area (Å²) in [5.74, 6) is -0.916. The average molecular weight is 153 g/mol. The van der Waals surface area contributed by atoms with Crippen LogP contribution in [0.3, 0.4) is 0 Å². The summed E-state index contributed by atoms with van der Waals surface area (Å²) in [5, 5.41) is 0. The first-order valence-electron chi connectivity index (χ1n) is 4.69. The lowest BCUT2D eigenvalue weighted by Crippen LogP contribution is -2.02. The molecule has 0 aliphatic carbocycles. The van der Waals surface area contributed by atoms with Crippen LogP contribution in [0, 0.1) is 6.92 Å². The number of hydrogen-bond acceptors (Lipinski definition) is 2. The molecule has 0 fully saturated rings. The lowest BCUT2D eigenvalue weighted by atomic mass is 10.2. The lowest BCUT2D eigenvalue weighted by Gasteiger charge is -2.02. The van der Waals surface area contributed by atoms with Crippen molar-refractivity contribution >= 4 is 5.97 Å². The van der Waals surface area contributed by atoms with Crippen LogP contribution in [0.4, 0.5) is 0 Å². The summed E-state index contributed by atoms with van der Waals surface area (Å²) >= 11 is 0. The summed E-state index contributed by atoms with van der Waals surface area (Å²) in [6.45, 7) is -0.968. The first-order chi connectivity index (χ1) is 6.41. The van der Waals surface area contributed by atoms with Crippen LogP contribution in [-0.4, -0.2) is 5.97 Å². The fourth-order valence-electron chi connectivity index (χ4n) is 0.771. The average Bonchev–Trinajstić information content (AvgIpc) is 2.07. The van der Waals surface area contributed by atoms with Crippen LogP contribution >= 0.6 is 0 Å². The Hall–Kier alpha value is -1.31. The van der Waals surface area contributed by atoms with E-state index in [4.69, 9.17) is 8.85 Å². The second-order valence-corrected chi connectivity index (χ2v) is 2.16. The van der Waals surface area contributed by atoms with Crippen LogP contribution in [0.5, 0.6) is 5.75 Å². The number of esters is 1. The van der Waals surface area contributed by atoms with E-state index in [-0.39, 0.29) is 5.75 Å². The zero-order valence-electron chi connectivity index (χ0n) is 9.13. The van der Waals surface area contributed by atoms with Crippen LogP contribution in [0.2, 0.25) is 0 Å². The predicted octanol–water partition coefficient (Wildman–Crippen LogP) is 1.92. The van der Waals surface area contributed by atoms with Crippen molar-refractivity contribution in [2.45, 2.75) is 13.8 Å². The van der Waals surface area contributed by atoms with Gasteiger partial charge in [-0.15, -0.1) is 0 Å². The molecule has 0 aliphatic heterocycles. The molecule has 0 spiro atoms. The van der Waals surface area contributed by atoms with Gasteiger partial charge in [-0.2, -0.15) is 0 Å². The summed E-state index contributed by atoms with van der Waals surface area (Å²) in [6, 6.07) is 6.75. The number of carbonyl (C=O) groups excluding carboxylic acids is 1. The summed E-state index contributed by atoms with van der Waals surface area (Å²) < 4.78 is 25.2. The fourth-order valence-corrected chi connectivity index (χ4v) is 0.771. The fraction of sp³-hybridized carbons (Fsp3) is 0.222. The number of ether oxygens (including phenoxy) is 1. The SMILES string of the molecule is [2H]C([2H])([2H])C(=O)Oc1ccccc1C. The van der Waals surface area contributed by atoms with Crippen LogP contribution in [0.1, 0.15) is 16.5 Å². The Morgan fingerprint density at radius 1 is 1.55 bits per heavy atom. The molecule has 0 unspecified atom stereocenters. The monoisotopic (exact) mass is 153 g/mol. The molecule has 0 saturated heterocycles. The number of rotatable bonds is 1. The van der Waals surface area contributed by atoms with E-state index in [1.54, 1.807) is 31.2 Å². The van der Waals surface area contributed by atoms with E-state index in [2.05, 4.69) is 0 Å². The third-order valence-electron chi connectivity index (χ3n) is 1.30. The molecule has 0 radical (unpaired) electrons.